The van der Waals surface area contributed by atoms with Gasteiger partial charge in [-0.2, -0.15) is 8.78 Å². The predicted octanol–water partition coefficient (Wildman–Crippen LogP) is 2.04. The molecule has 0 spiro atoms. The molecule has 0 atom stereocenters. The molecule has 0 unspecified atom stereocenters. The van der Waals surface area contributed by atoms with E-state index in [0.29, 0.717) is 17.5 Å². The Bertz CT molecular complexity index is 478. The van der Waals surface area contributed by atoms with Crippen molar-refractivity contribution in [2.45, 2.75) is 24.1 Å². The van der Waals surface area contributed by atoms with Crippen molar-refractivity contribution in [3.05, 3.63) is 17.2 Å². The number of rotatable bonds is 5. The van der Waals surface area contributed by atoms with Gasteiger partial charge in [0.2, 0.25) is 14.2 Å². The smallest absolute Gasteiger partial charge is 0.221 e. The molecule has 0 aromatic carbocycles. The highest BCUT2D eigenvalue weighted by Gasteiger charge is 2.19. The van der Waals surface area contributed by atoms with Gasteiger partial charge in [-0.25, -0.2) is 8.42 Å². The first-order valence-electron chi connectivity index (χ1n) is 4.52. The van der Waals surface area contributed by atoms with E-state index in [4.69, 9.17) is 0 Å². The maximum absolute atomic E-state index is 11.7. The number of aryl methyl sites for hydroxylation is 1. The Hall–Kier alpha value is -0.890. The zero-order valence-electron chi connectivity index (χ0n) is 8.48. The predicted molar refractivity (Wildman–Crippen MR) is 56.3 cm³/mol. The van der Waals surface area contributed by atoms with Crippen LogP contribution in [0.25, 0.3) is 0 Å². The molecule has 0 aliphatic heterocycles. The molecule has 0 fully saturated rings. The van der Waals surface area contributed by atoms with Crippen LogP contribution in [0.15, 0.2) is 16.5 Å². The zero-order chi connectivity index (χ0) is 12.2. The Balaban J connectivity index is 2.74. The number of nitrogens with zero attached hydrogens (tertiary/aromatic N) is 2. The second-order valence-corrected chi connectivity index (χ2v) is 6.26. The highest BCUT2D eigenvalue weighted by atomic mass is 32.2. The van der Waals surface area contributed by atoms with E-state index in [2.05, 4.69) is 10.2 Å². The summed E-state index contributed by atoms with van der Waals surface area (Å²) in [5.74, 6) is -0.372. The van der Waals surface area contributed by atoms with E-state index in [1.165, 1.54) is 0 Å². The lowest BCUT2D eigenvalue weighted by Gasteiger charge is -1.95. The minimum absolute atomic E-state index is 0.1000. The van der Waals surface area contributed by atoms with Crippen molar-refractivity contribution in [1.29, 1.82) is 0 Å². The molecule has 0 amide bonds. The maximum Gasteiger partial charge on any atom is 0.266 e. The topological polar surface area (TPSA) is 59.9 Å². The Kier molecular flexibility index (Phi) is 4.48. The molecule has 0 bridgehead atoms. The minimum Gasteiger partial charge on any atom is -0.221 e. The molecule has 0 saturated heterocycles. The van der Waals surface area contributed by atoms with Crippen LogP contribution in [0, 0.1) is 0 Å². The lowest BCUT2D eigenvalue weighted by molar-refractivity contribution is 0.418. The quantitative estimate of drug-likeness (QED) is 0.820. The van der Waals surface area contributed by atoms with E-state index in [-0.39, 0.29) is 16.5 Å². The van der Waals surface area contributed by atoms with Crippen molar-refractivity contribution in [3.63, 3.8) is 0 Å². The van der Waals surface area contributed by atoms with E-state index in [1.807, 2.05) is 6.92 Å². The molecule has 90 valence electrons. The van der Waals surface area contributed by atoms with Gasteiger partial charge < -0.3 is 0 Å². The summed E-state index contributed by atoms with van der Waals surface area (Å²) in [7, 11) is -3.58. The van der Waals surface area contributed by atoms with Crippen LogP contribution in [0.2, 0.25) is 0 Å². The van der Waals surface area contributed by atoms with Gasteiger partial charge in [0.25, 0.3) is 6.08 Å². The second-order valence-electron chi connectivity index (χ2n) is 2.92. The molecule has 4 nitrogen and oxygen atoms in total. The van der Waals surface area contributed by atoms with Crippen molar-refractivity contribution >= 4 is 21.2 Å². The van der Waals surface area contributed by atoms with Gasteiger partial charge in [0.1, 0.15) is 5.01 Å². The summed E-state index contributed by atoms with van der Waals surface area (Å²) in [4.78, 5) is 0. The lowest BCUT2D eigenvalue weighted by atomic mass is 10.5. The first-order valence-corrected chi connectivity index (χ1v) is 6.99. The SMILES string of the molecule is CCc1nnc(S(=O)(=O)CCC=C(F)F)s1. The number of hydrogen-bond acceptors (Lipinski definition) is 5. The fraction of sp³-hybridized carbons (Fsp3) is 0.500. The largest absolute Gasteiger partial charge is 0.266 e. The third-order valence-electron chi connectivity index (χ3n) is 1.70. The molecule has 1 aromatic heterocycles. The molecule has 16 heavy (non-hydrogen) atoms. The van der Waals surface area contributed by atoms with Gasteiger partial charge in [-0.05, 0) is 18.9 Å². The summed E-state index contributed by atoms with van der Waals surface area (Å²) in [6.07, 6.45) is -0.904. The highest BCUT2D eigenvalue weighted by molar-refractivity contribution is 7.93. The second kappa shape index (κ2) is 5.44. The van der Waals surface area contributed by atoms with E-state index in [0.717, 1.165) is 11.3 Å². The molecule has 1 aromatic rings. The monoisotopic (exact) mass is 268 g/mol. The summed E-state index contributed by atoms with van der Waals surface area (Å²) in [6, 6.07) is 0. The van der Waals surface area contributed by atoms with Gasteiger partial charge in [0, 0.05) is 0 Å². The summed E-state index contributed by atoms with van der Waals surface area (Å²) in [5, 5.41) is 7.82. The van der Waals surface area contributed by atoms with E-state index < -0.39 is 15.9 Å². The third-order valence-corrected chi connectivity index (χ3v) is 4.96. The average molecular weight is 268 g/mol. The van der Waals surface area contributed by atoms with Crippen LogP contribution in [0.5, 0.6) is 0 Å². The van der Waals surface area contributed by atoms with Crippen LogP contribution in [0.4, 0.5) is 8.78 Å². The number of halogens is 2. The molecule has 0 N–H and O–H groups in total. The first-order chi connectivity index (χ1) is 7.45. The van der Waals surface area contributed by atoms with Crippen LogP contribution < -0.4 is 0 Å². The van der Waals surface area contributed by atoms with Crippen LogP contribution in [0.3, 0.4) is 0 Å². The standard InChI is InChI=1S/C8H10F2N2O2S2/c1-2-7-11-12-8(15-7)16(13,14)5-3-4-6(9)10/h4H,2-3,5H2,1H3. The fourth-order valence-corrected chi connectivity index (χ4v) is 3.24. The van der Waals surface area contributed by atoms with Crippen LogP contribution in [-0.4, -0.2) is 24.4 Å². The zero-order valence-corrected chi connectivity index (χ0v) is 10.1. The molecule has 0 saturated carbocycles. The summed E-state index contributed by atoms with van der Waals surface area (Å²) < 4.78 is 46.5. The molecular formula is C8H10F2N2O2S2. The average Bonchev–Trinajstić information content (AvgIpc) is 2.65. The van der Waals surface area contributed by atoms with E-state index in [9.17, 15) is 17.2 Å². The van der Waals surface area contributed by atoms with Crippen molar-refractivity contribution in [2.75, 3.05) is 5.75 Å². The van der Waals surface area contributed by atoms with Crippen molar-refractivity contribution in [2.24, 2.45) is 0 Å². The number of aromatic nitrogens is 2. The molecule has 0 aliphatic rings. The van der Waals surface area contributed by atoms with Crippen molar-refractivity contribution in [1.82, 2.24) is 10.2 Å². The Morgan fingerprint density at radius 2 is 2.12 bits per heavy atom. The molecule has 1 heterocycles. The van der Waals surface area contributed by atoms with E-state index in [1.54, 1.807) is 0 Å². The van der Waals surface area contributed by atoms with Gasteiger partial charge in [-0.1, -0.05) is 18.3 Å². The Labute approximate surface area is 95.9 Å². The Morgan fingerprint density at radius 3 is 2.62 bits per heavy atom. The molecule has 0 radical (unpaired) electrons. The number of allylic oxidation sites excluding steroid dienone is 1. The molecule has 1 rings (SSSR count). The van der Waals surface area contributed by atoms with E-state index >= 15 is 0 Å². The minimum atomic E-state index is -3.58. The lowest BCUT2D eigenvalue weighted by Crippen LogP contribution is -2.05. The first kappa shape index (κ1) is 13.2. The summed E-state index contributed by atoms with van der Waals surface area (Å²) in [5.41, 5.74) is 0. The third kappa shape index (κ3) is 3.60. The number of hydrogen-bond donors (Lipinski definition) is 0. The Morgan fingerprint density at radius 1 is 1.44 bits per heavy atom. The van der Waals surface area contributed by atoms with Crippen molar-refractivity contribution < 1.29 is 17.2 Å². The van der Waals surface area contributed by atoms with Crippen LogP contribution >= 0.6 is 11.3 Å². The van der Waals surface area contributed by atoms with Gasteiger partial charge in [0.15, 0.2) is 0 Å². The van der Waals surface area contributed by atoms with Crippen molar-refractivity contribution in [3.8, 4) is 0 Å². The normalized spacial score (nSPS) is 11.4. The van der Waals surface area contributed by atoms with Crippen LogP contribution in [0.1, 0.15) is 18.4 Å². The highest BCUT2D eigenvalue weighted by Crippen LogP contribution is 2.18. The molecule has 0 aliphatic carbocycles. The van der Waals surface area contributed by atoms with Gasteiger partial charge in [0.05, 0.1) is 5.75 Å². The fourth-order valence-electron chi connectivity index (χ4n) is 0.917. The molecular weight excluding hydrogens is 258 g/mol. The van der Waals surface area contributed by atoms with Crippen LogP contribution in [-0.2, 0) is 16.3 Å². The molecule has 8 heteroatoms. The maximum atomic E-state index is 11.7. The summed E-state index contributed by atoms with van der Waals surface area (Å²) >= 11 is 0.980. The van der Waals surface area contributed by atoms with Gasteiger partial charge in [-0.15, -0.1) is 10.2 Å². The summed E-state index contributed by atoms with van der Waals surface area (Å²) in [6.45, 7) is 1.83. The number of sulfone groups is 1. The van der Waals surface area contributed by atoms with Gasteiger partial charge in [-0.3, -0.25) is 0 Å². The van der Waals surface area contributed by atoms with Gasteiger partial charge >= 0.3 is 0 Å².